The molecule has 4 nitrogen and oxygen atoms in total. The molecule has 0 aliphatic rings. The molecular formula is C22H21NO3. The Labute approximate surface area is 153 Å². The third-order valence-electron chi connectivity index (χ3n) is 3.79. The molecule has 3 aromatic carbocycles. The fraction of sp³-hybridized carbons (Fsp3) is 0.136. The lowest BCUT2D eigenvalue weighted by atomic mass is 10.1. The molecule has 132 valence electrons. The largest absolute Gasteiger partial charge is 0.492 e. The second kappa shape index (κ2) is 8.72. The molecule has 0 radical (unpaired) electrons. The molecule has 0 aliphatic carbocycles. The summed E-state index contributed by atoms with van der Waals surface area (Å²) in [5, 5.41) is 2.84. The lowest BCUT2D eigenvalue weighted by molar-refractivity contribution is -0.118. The van der Waals surface area contributed by atoms with Gasteiger partial charge in [-0.25, -0.2) is 0 Å². The third kappa shape index (κ3) is 4.42. The summed E-state index contributed by atoms with van der Waals surface area (Å²) in [6.45, 7) is 2.36. The van der Waals surface area contributed by atoms with Crippen molar-refractivity contribution < 1.29 is 14.3 Å². The molecule has 0 saturated heterocycles. The van der Waals surface area contributed by atoms with Crippen molar-refractivity contribution in [1.82, 2.24) is 0 Å². The number of para-hydroxylation sites is 3. The van der Waals surface area contributed by atoms with Gasteiger partial charge in [0.1, 0.15) is 11.5 Å². The third-order valence-corrected chi connectivity index (χ3v) is 3.79. The minimum atomic E-state index is -0.236. The van der Waals surface area contributed by atoms with E-state index in [9.17, 15) is 4.79 Å². The van der Waals surface area contributed by atoms with Crippen LogP contribution in [-0.4, -0.2) is 19.1 Å². The molecule has 0 heterocycles. The van der Waals surface area contributed by atoms with Gasteiger partial charge in [-0.05, 0) is 30.7 Å². The van der Waals surface area contributed by atoms with Gasteiger partial charge in [-0.2, -0.15) is 0 Å². The molecule has 0 bridgehead atoms. The van der Waals surface area contributed by atoms with E-state index < -0.39 is 0 Å². The van der Waals surface area contributed by atoms with Crippen molar-refractivity contribution in [2.75, 3.05) is 18.5 Å². The zero-order valence-corrected chi connectivity index (χ0v) is 14.6. The second-order valence-corrected chi connectivity index (χ2v) is 5.63. The highest BCUT2D eigenvalue weighted by Gasteiger charge is 2.10. The molecule has 4 heteroatoms. The Bertz CT molecular complexity index is 862. The van der Waals surface area contributed by atoms with E-state index in [-0.39, 0.29) is 12.5 Å². The SMILES string of the molecule is CCOc1ccccc1NC(=O)COc1ccccc1-c1ccccc1. The number of amides is 1. The monoisotopic (exact) mass is 347 g/mol. The summed E-state index contributed by atoms with van der Waals surface area (Å²) in [5.41, 5.74) is 2.64. The van der Waals surface area contributed by atoms with Crippen LogP contribution in [-0.2, 0) is 4.79 Å². The van der Waals surface area contributed by atoms with Crippen molar-refractivity contribution in [3.05, 3.63) is 78.9 Å². The molecule has 26 heavy (non-hydrogen) atoms. The van der Waals surface area contributed by atoms with E-state index in [4.69, 9.17) is 9.47 Å². The van der Waals surface area contributed by atoms with Gasteiger partial charge in [0, 0.05) is 5.56 Å². The van der Waals surface area contributed by atoms with Crippen LogP contribution in [0.25, 0.3) is 11.1 Å². The first-order valence-corrected chi connectivity index (χ1v) is 8.57. The van der Waals surface area contributed by atoms with Crippen LogP contribution in [0.3, 0.4) is 0 Å². The van der Waals surface area contributed by atoms with Gasteiger partial charge in [-0.1, -0.05) is 60.7 Å². The van der Waals surface area contributed by atoms with Crippen molar-refractivity contribution in [2.45, 2.75) is 6.92 Å². The van der Waals surface area contributed by atoms with Gasteiger partial charge in [-0.3, -0.25) is 4.79 Å². The number of rotatable bonds is 7. The predicted octanol–water partition coefficient (Wildman–Crippen LogP) is 4.77. The van der Waals surface area contributed by atoms with Crippen LogP contribution < -0.4 is 14.8 Å². The molecule has 0 aromatic heterocycles. The Morgan fingerprint density at radius 1 is 0.808 bits per heavy atom. The van der Waals surface area contributed by atoms with E-state index in [0.29, 0.717) is 23.8 Å². The Morgan fingerprint density at radius 2 is 1.46 bits per heavy atom. The van der Waals surface area contributed by atoms with Gasteiger partial charge in [0.25, 0.3) is 5.91 Å². The lowest BCUT2D eigenvalue weighted by Gasteiger charge is -2.13. The van der Waals surface area contributed by atoms with Crippen molar-refractivity contribution >= 4 is 11.6 Å². The molecule has 3 aromatic rings. The second-order valence-electron chi connectivity index (χ2n) is 5.63. The summed E-state index contributed by atoms with van der Waals surface area (Å²) in [4.78, 5) is 12.3. The molecule has 1 N–H and O–H groups in total. The van der Waals surface area contributed by atoms with E-state index >= 15 is 0 Å². The van der Waals surface area contributed by atoms with Crippen LogP contribution >= 0.6 is 0 Å². The smallest absolute Gasteiger partial charge is 0.262 e. The highest BCUT2D eigenvalue weighted by molar-refractivity contribution is 5.93. The number of hydrogen-bond acceptors (Lipinski definition) is 3. The Morgan fingerprint density at radius 3 is 2.23 bits per heavy atom. The summed E-state index contributed by atoms with van der Waals surface area (Å²) < 4.78 is 11.3. The minimum absolute atomic E-state index is 0.0791. The van der Waals surface area contributed by atoms with Gasteiger partial charge in [-0.15, -0.1) is 0 Å². The summed E-state index contributed by atoms with van der Waals surface area (Å²) in [6.07, 6.45) is 0. The summed E-state index contributed by atoms with van der Waals surface area (Å²) in [6, 6.07) is 25.0. The van der Waals surface area contributed by atoms with E-state index in [1.54, 1.807) is 6.07 Å². The maximum absolute atomic E-state index is 12.3. The highest BCUT2D eigenvalue weighted by Crippen LogP contribution is 2.29. The number of hydrogen-bond donors (Lipinski definition) is 1. The quantitative estimate of drug-likeness (QED) is 0.670. The molecule has 0 aliphatic heterocycles. The first-order chi connectivity index (χ1) is 12.8. The zero-order valence-electron chi connectivity index (χ0n) is 14.6. The number of carbonyl (C=O) groups is 1. The van der Waals surface area contributed by atoms with Crippen molar-refractivity contribution in [3.8, 4) is 22.6 Å². The van der Waals surface area contributed by atoms with E-state index in [1.165, 1.54) is 0 Å². The molecule has 0 unspecified atom stereocenters. The summed E-state index contributed by atoms with van der Waals surface area (Å²) >= 11 is 0. The maximum Gasteiger partial charge on any atom is 0.262 e. The first kappa shape index (κ1) is 17.5. The van der Waals surface area contributed by atoms with Crippen LogP contribution in [0.1, 0.15) is 6.92 Å². The van der Waals surface area contributed by atoms with E-state index in [0.717, 1.165) is 11.1 Å². The van der Waals surface area contributed by atoms with Crippen LogP contribution in [0.4, 0.5) is 5.69 Å². The van der Waals surface area contributed by atoms with Gasteiger partial charge < -0.3 is 14.8 Å². The Balaban J connectivity index is 1.68. The van der Waals surface area contributed by atoms with Crippen molar-refractivity contribution in [1.29, 1.82) is 0 Å². The van der Waals surface area contributed by atoms with Gasteiger partial charge in [0.15, 0.2) is 6.61 Å². The van der Waals surface area contributed by atoms with Crippen LogP contribution in [0.5, 0.6) is 11.5 Å². The molecule has 3 rings (SSSR count). The van der Waals surface area contributed by atoms with Gasteiger partial charge >= 0.3 is 0 Å². The molecule has 0 atom stereocenters. The van der Waals surface area contributed by atoms with Crippen LogP contribution in [0.2, 0.25) is 0 Å². The molecule has 0 spiro atoms. The zero-order chi connectivity index (χ0) is 18.2. The highest BCUT2D eigenvalue weighted by atomic mass is 16.5. The predicted molar refractivity (Wildman–Crippen MR) is 104 cm³/mol. The average Bonchev–Trinajstić information content (AvgIpc) is 2.69. The first-order valence-electron chi connectivity index (χ1n) is 8.57. The fourth-order valence-corrected chi connectivity index (χ4v) is 2.63. The topological polar surface area (TPSA) is 47.6 Å². The standard InChI is InChI=1S/C22H21NO3/c1-2-25-21-15-9-7-13-19(21)23-22(24)16-26-20-14-8-6-12-18(20)17-10-4-3-5-11-17/h3-15H,2,16H2,1H3,(H,23,24). The lowest BCUT2D eigenvalue weighted by Crippen LogP contribution is -2.20. The fourth-order valence-electron chi connectivity index (χ4n) is 2.63. The molecule has 0 saturated carbocycles. The van der Waals surface area contributed by atoms with Crippen LogP contribution in [0, 0.1) is 0 Å². The summed E-state index contributed by atoms with van der Waals surface area (Å²) in [5.74, 6) is 1.08. The van der Waals surface area contributed by atoms with Crippen molar-refractivity contribution in [2.24, 2.45) is 0 Å². The molecule has 1 amide bonds. The average molecular weight is 347 g/mol. The number of benzene rings is 3. The molecule has 0 fully saturated rings. The van der Waals surface area contributed by atoms with E-state index in [1.807, 2.05) is 79.7 Å². The van der Waals surface area contributed by atoms with Crippen LogP contribution in [0.15, 0.2) is 78.9 Å². The normalized spacial score (nSPS) is 10.2. The van der Waals surface area contributed by atoms with Crippen molar-refractivity contribution in [3.63, 3.8) is 0 Å². The minimum Gasteiger partial charge on any atom is -0.492 e. The number of carbonyl (C=O) groups excluding carboxylic acids is 1. The van der Waals surface area contributed by atoms with Gasteiger partial charge in [0.05, 0.1) is 12.3 Å². The Kier molecular flexibility index (Phi) is 5.88. The summed E-state index contributed by atoms with van der Waals surface area (Å²) in [7, 11) is 0. The maximum atomic E-state index is 12.3. The molecular weight excluding hydrogens is 326 g/mol. The number of anilines is 1. The number of nitrogens with one attached hydrogen (secondary N) is 1. The van der Waals surface area contributed by atoms with Gasteiger partial charge in [0.2, 0.25) is 0 Å². The van der Waals surface area contributed by atoms with E-state index in [2.05, 4.69) is 5.32 Å². The number of ether oxygens (including phenoxy) is 2. The Hall–Kier alpha value is -3.27.